The van der Waals surface area contributed by atoms with Gasteiger partial charge in [-0.2, -0.15) is 0 Å². The number of amides is 2. The smallest absolute Gasteiger partial charge is 0.341 e. The molecule has 0 atom stereocenters. The average Bonchev–Trinajstić information content (AvgIpc) is 2.95. The van der Waals surface area contributed by atoms with E-state index >= 15 is 0 Å². The van der Waals surface area contributed by atoms with E-state index in [1.165, 1.54) is 19.2 Å². The number of hydrogen-bond acceptors (Lipinski definition) is 8. The predicted molar refractivity (Wildman–Crippen MR) is 153 cm³/mol. The van der Waals surface area contributed by atoms with Gasteiger partial charge in [0.2, 0.25) is 0 Å². The van der Waals surface area contributed by atoms with Gasteiger partial charge in [-0.1, -0.05) is 24.3 Å². The Balaban J connectivity index is 1.61. The summed E-state index contributed by atoms with van der Waals surface area (Å²) in [6, 6.07) is 17.1. The number of benzene rings is 3. The number of ketones is 1. The first kappa shape index (κ1) is 30.0. The number of nitrogens with zero attached hydrogens (tertiary/aromatic N) is 1. The van der Waals surface area contributed by atoms with E-state index in [1.807, 2.05) is 31.2 Å². The maximum atomic E-state index is 13.0. The van der Waals surface area contributed by atoms with Gasteiger partial charge in [0.05, 0.1) is 33.0 Å². The fraction of sp³-hybridized carbons (Fsp3) is 0.300. The molecule has 10 heteroatoms. The van der Waals surface area contributed by atoms with Crippen molar-refractivity contribution in [3.8, 4) is 17.2 Å². The predicted octanol–water partition coefficient (Wildman–Crippen LogP) is 4.94. The molecule has 3 aromatic carbocycles. The molecule has 0 heterocycles. The Hall–Kier alpha value is -4.57. The van der Waals surface area contributed by atoms with E-state index in [2.05, 4.69) is 10.7 Å². The lowest BCUT2D eigenvalue weighted by Gasteiger charge is -2.24. The van der Waals surface area contributed by atoms with E-state index in [1.54, 1.807) is 50.4 Å². The third-order valence-electron chi connectivity index (χ3n) is 6.01. The molecule has 0 aromatic heterocycles. The van der Waals surface area contributed by atoms with Crippen LogP contribution in [0.1, 0.15) is 34.8 Å². The molecule has 10 nitrogen and oxygen atoms in total. The number of ether oxygens (including phenoxy) is 4. The van der Waals surface area contributed by atoms with Gasteiger partial charge in [-0.05, 0) is 61.4 Å². The molecule has 0 aliphatic heterocycles. The number of aryl methyl sites for hydroxylation is 1. The zero-order chi connectivity index (χ0) is 29.1. The molecule has 212 valence electrons. The van der Waals surface area contributed by atoms with Crippen molar-refractivity contribution < 1.29 is 33.3 Å². The lowest BCUT2D eigenvalue weighted by molar-refractivity contribution is -0.118. The topological polar surface area (TPSA) is 115 Å². The van der Waals surface area contributed by atoms with Crippen molar-refractivity contribution in [2.75, 3.05) is 44.8 Å². The molecule has 2 N–H and O–H groups in total. The average molecular weight is 550 g/mol. The molecule has 0 saturated heterocycles. The Bertz CT molecular complexity index is 1340. The number of hydrogen-bond donors (Lipinski definition) is 2. The van der Waals surface area contributed by atoms with E-state index in [0.29, 0.717) is 34.2 Å². The molecule has 0 spiro atoms. The lowest BCUT2D eigenvalue weighted by atomic mass is 10.1. The van der Waals surface area contributed by atoms with Gasteiger partial charge in [0.1, 0.15) is 17.2 Å². The highest BCUT2D eigenvalue weighted by atomic mass is 16.5. The van der Waals surface area contributed by atoms with Crippen molar-refractivity contribution in [1.29, 1.82) is 0 Å². The number of carbonyl (C=O) groups is 3. The number of carbonyl (C=O) groups excluding carboxylic acids is 3. The maximum Gasteiger partial charge on any atom is 0.341 e. The van der Waals surface area contributed by atoms with E-state index in [-0.39, 0.29) is 37.9 Å². The molecule has 40 heavy (non-hydrogen) atoms. The minimum Gasteiger partial charge on any atom is -0.495 e. The van der Waals surface area contributed by atoms with Gasteiger partial charge in [-0.25, -0.2) is 20.0 Å². The fourth-order valence-electron chi connectivity index (χ4n) is 3.95. The maximum absolute atomic E-state index is 13.0. The van der Waals surface area contributed by atoms with Crippen LogP contribution in [0.2, 0.25) is 0 Å². The summed E-state index contributed by atoms with van der Waals surface area (Å²) in [6.07, 6.45) is 0.322. The van der Waals surface area contributed by atoms with Crippen LogP contribution in [0, 0.1) is 6.92 Å². The number of Topliss-reactive ketones (excluding diaryl/α,β-unsaturated/α-hetero) is 1. The number of urea groups is 1. The Morgan fingerprint density at radius 2 is 1.65 bits per heavy atom. The number of methoxy groups -OCH3 is 2. The largest absolute Gasteiger partial charge is 0.495 e. The first-order chi connectivity index (χ1) is 19.3. The molecule has 3 rings (SSSR count). The van der Waals surface area contributed by atoms with Gasteiger partial charge >= 0.3 is 12.0 Å². The van der Waals surface area contributed by atoms with Gasteiger partial charge in [-0.15, -0.1) is 0 Å². The molecule has 0 bridgehead atoms. The third kappa shape index (κ3) is 7.73. The molecule has 3 aromatic rings. The lowest BCUT2D eigenvalue weighted by Crippen LogP contribution is -2.43. The Morgan fingerprint density at radius 1 is 0.900 bits per heavy atom. The highest BCUT2D eigenvalue weighted by Gasteiger charge is 2.20. The van der Waals surface area contributed by atoms with Crippen LogP contribution in [0.15, 0.2) is 60.7 Å². The highest BCUT2D eigenvalue weighted by molar-refractivity contribution is 6.02. The number of nitrogens with one attached hydrogen (secondary N) is 2. The molecular formula is C30H35N3O7. The number of rotatable bonds is 13. The van der Waals surface area contributed by atoms with Crippen LogP contribution < -0.4 is 30.0 Å². The van der Waals surface area contributed by atoms with Crippen LogP contribution in [-0.2, 0) is 16.0 Å². The number of para-hydroxylation sites is 1. The quantitative estimate of drug-likeness (QED) is 0.228. The second-order valence-electron chi connectivity index (χ2n) is 8.71. The third-order valence-corrected chi connectivity index (χ3v) is 6.01. The van der Waals surface area contributed by atoms with E-state index in [4.69, 9.17) is 18.9 Å². The summed E-state index contributed by atoms with van der Waals surface area (Å²) in [5.41, 5.74) is 6.09. The van der Waals surface area contributed by atoms with E-state index in [9.17, 15) is 14.4 Å². The van der Waals surface area contributed by atoms with Crippen LogP contribution in [0.25, 0.3) is 0 Å². The van der Waals surface area contributed by atoms with Gasteiger partial charge < -0.3 is 24.3 Å². The van der Waals surface area contributed by atoms with Crippen LogP contribution in [0.4, 0.5) is 16.2 Å². The first-order valence-corrected chi connectivity index (χ1v) is 12.8. The molecule has 0 fully saturated rings. The monoisotopic (exact) mass is 549 g/mol. The zero-order valence-electron chi connectivity index (χ0n) is 23.4. The SMILES string of the molecule is CCOC(=O)c1ccc(OCCC(=O)Cc2ccc(N(NC)C(=O)Nc3ccccc3C)c(OC)c2)c(OC)c1. The Morgan fingerprint density at radius 3 is 2.33 bits per heavy atom. The van der Waals surface area contributed by atoms with Gasteiger partial charge in [0.25, 0.3) is 0 Å². The summed E-state index contributed by atoms with van der Waals surface area (Å²) < 4.78 is 21.6. The number of anilines is 2. The molecule has 2 amide bonds. The minimum absolute atomic E-state index is 0.0420. The van der Waals surface area contributed by atoms with Gasteiger partial charge in [-0.3, -0.25) is 4.79 Å². The van der Waals surface area contributed by atoms with Crippen LogP contribution in [-0.4, -0.2) is 52.3 Å². The number of hydrazine groups is 1. The fourth-order valence-corrected chi connectivity index (χ4v) is 3.95. The van der Waals surface area contributed by atoms with Gasteiger partial charge in [0.15, 0.2) is 11.5 Å². The Kier molecular flexibility index (Phi) is 10.9. The van der Waals surface area contributed by atoms with Crippen molar-refractivity contribution in [3.05, 3.63) is 77.4 Å². The molecule has 0 aliphatic carbocycles. The molecule has 0 unspecified atom stereocenters. The summed E-state index contributed by atoms with van der Waals surface area (Å²) >= 11 is 0. The standard InChI is InChI=1S/C30H35N3O7/c1-6-39-29(35)22-12-14-26(28(19-22)38-5)40-16-15-23(34)17-21-11-13-25(27(18-21)37-4)33(31-3)30(36)32-24-10-8-7-9-20(24)2/h7-14,18-19,31H,6,15-17H2,1-5H3,(H,32,36). The summed E-state index contributed by atoms with van der Waals surface area (Å²) in [6.45, 7) is 4.05. The molecule has 0 radical (unpaired) electrons. The van der Waals surface area contributed by atoms with Crippen molar-refractivity contribution in [1.82, 2.24) is 5.43 Å². The van der Waals surface area contributed by atoms with Crippen molar-refractivity contribution in [2.24, 2.45) is 0 Å². The molecular weight excluding hydrogens is 514 g/mol. The zero-order valence-corrected chi connectivity index (χ0v) is 23.4. The van der Waals surface area contributed by atoms with Crippen LogP contribution in [0.5, 0.6) is 17.2 Å². The summed E-state index contributed by atoms with van der Waals surface area (Å²) in [5.74, 6) is 0.736. The summed E-state index contributed by atoms with van der Waals surface area (Å²) in [4.78, 5) is 37.6. The van der Waals surface area contributed by atoms with Crippen LogP contribution >= 0.6 is 0 Å². The van der Waals surface area contributed by atoms with E-state index < -0.39 is 5.97 Å². The normalized spacial score (nSPS) is 10.4. The molecule has 0 saturated carbocycles. The number of esters is 1. The molecule has 0 aliphatic rings. The minimum atomic E-state index is -0.450. The van der Waals surface area contributed by atoms with Crippen LogP contribution in [0.3, 0.4) is 0 Å². The second-order valence-corrected chi connectivity index (χ2v) is 8.71. The van der Waals surface area contributed by atoms with E-state index in [0.717, 1.165) is 11.1 Å². The van der Waals surface area contributed by atoms with Crippen molar-refractivity contribution >= 4 is 29.2 Å². The van der Waals surface area contributed by atoms with Gasteiger partial charge in [0, 0.05) is 25.6 Å². The summed E-state index contributed by atoms with van der Waals surface area (Å²) in [5, 5.41) is 4.22. The first-order valence-electron chi connectivity index (χ1n) is 12.8. The summed E-state index contributed by atoms with van der Waals surface area (Å²) in [7, 11) is 4.61. The van der Waals surface area contributed by atoms with Crippen molar-refractivity contribution in [3.63, 3.8) is 0 Å². The Labute approximate surface area is 234 Å². The highest BCUT2D eigenvalue weighted by Crippen LogP contribution is 2.30. The van der Waals surface area contributed by atoms with Crippen molar-refractivity contribution in [2.45, 2.75) is 26.7 Å². The second kappa shape index (κ2) is 14.5.